The van der Waals surface area contributed by atoms with E-state index in [9.17, 15) is 0 Å². The van der Waals surface area contributed by atoms with E-state index in [1.165, 1.54) is 11.1 Å². The van der Waals surface area contributed by atoms with E-state index in [2.05, 4.69) is 19.1 Å². The summed E-state index contributed by atoms with van der Waals surface area (Å²) in [5.41, 5.74) is 8.87. The Morgan fingerprint density at radius 3 is 3.06 bits per heavy atom. The minimum absolute atomic E-state index is 0.153. The van der Waals surface area contributed by atoms with Crippen LogP contribution in [0, 0.1) is 0 Å². The lowest BCUT2D eigenvalue weighted by molar-refractivity contribution is 0.339. The fraction of sp³-hybridized carbons (Fsp3) is 0.538. The molecule has 0 radical (unpaired) electrons. The van der Waals surface area contributed by atoms with Crippen molar-refractivity contribution in [1.82, 2.24) is 0 Å². The summed E-state index contributed by atoms with van der Waals surface area (Å²) in [7, 11) is 0. The predicted molar refractivity (Wildman–Crippen MR) is 69.9 cm³/mol. The highest BCUT2D eigenvalue weighted by Gasteiger charge is 2.20. The Morgan fingerprint density at radius 1 is 1.50 bits per heavy atom. The summed E-state index contributed by atoms with van der Waals surface area (Å²) in [6.45, 7) is 4.96. The molecule has 1 heterocycles. The van der Waals surface area contributed by atoms with Crippen molar-refractivity contribution in [3.05, 3.63) is 29.3 Å². The summed E-state index contributed by atoms with van der Waals surface area (Å²) < 4.78 is 5.53. The monoisotopic (exact) mass is 237 g/mol. The first kappa shape index (κ1) is 11.8. The van der Waals surface area contributed by atoms with Crippen LogP contribution in [-0.4, -0.2) is 11.9 Å². The minimum Gasteiger partial charge on any atom is -0.494 e. The van der Waals surface area contributed by atoms with Crippen LogP contribution in [0.3, 0.4) is 0 Å². The molecular weight excluding hydrogens is 218 g/mol. The maximum atomic E-state index is 6.23. The van der Waals surface area contributed by atoms with Crippen LogP contribution in [0.25, 0.3) is 0 Å². The summed E-state index contributed by atoms with van der Waals surface area (Å²) in [5.74, 6) is 2.01. The van der Waals surface area contributed by atoms with E-state index in [0.29, 0.717) is 11.9 Å². The van der Waals surface area contributed by atoms with E-state index < -0.39 is 0 Å². The van der Waals surface area contributed by atoms with Gasteiger partial charge in [0.15, 0.2) is 0 Å². The summed E-state index contributed by atoms with van der Waals surface area (Å²) in [4.78, 5) is 0. The van der Waals surface area contributed by atoms with Crippen molar-refractivity contribution in [1.29, 1.82) is 0 Å². The maximum absolute atomic E-state index is 6.23. The van der Waals surface area contributed by atoms with Crippen LogP contribution < -0.4 is 10.5 Å². The molecule has 1 aromatic carbocycles. The van der Waals surface area contributed by atoms with Gasteiger partial charge in [0.25, 0.3) is 0 Å². The highest BCUT2D eigenvalue weighted by atomic mass is 32.2. The smallest absolute Gasteiger partial charge is 0.119 e. The molecule has 88 valence electrons. The number of ether oxygens (including phenoxy) is 1. The van der Waals surface area contributed by atoms with Gasteiger partial charge < -0.3 is 10.5 Å². The Balaban J connectivity index is 2.30. The second-order valence-corrected chi connectivity index (χ2v) is 5.68. The Morgan fingerprint density at radius 2 is 2.31 bits per heavy atom. The fourth-order valence-corrected chi connectivity index (χ4v) is 3.16. The molecule has 0 saturated heterocycles. The number of nitrogens with two attached hydrogens (primary N) is 1. The Kier molecular flexibility index (Phi) is 3.77. The maximum Gasteiger partial charge on any atom is 0.119 e. The van der Waals surface area contributed by atoms with Gasteiger partial charge in [-0.15, -0.1) is 0 Å². The average Bonchev–Trinajstić information content (AvgIpc) is 2.40. The molecule has 2 atom stereocenters. The van der Waals surface area contributed by atoms with Gasteiger partial charge in [-0.2, -0.15) is 11.8 Å². The molecule has 1 aliphatic heterocycles. The molecule has 0 amide bonds. The van der Waals surface area contributed by atoms with Crippen molar-refractivity contribution < 1.29 is 4.74 Å². The lowest BCUT2D eigenvalue weighted by atomic mass is 9.98. The van der Waals surface area contributed by atoms with Gasteiger partial charge in [0.05, 0.1) is 6.61 Å². The zero-order chi connectivity index (χ0) is 11.5. The van der Waals surface area contributed by atoms with E-state index in [1.54, 1.807) is 0 Å². The summed E-state index contributed by atoms with van der Waals surface area (Å²) >= 11 is 1.98. The summed E-state index contributed by atoms with van der Waals surface area (Å²) in [5, 5.41) is 0.637. The van der Waals surface area contributed by atoms with Gasteiger partial charge in [-0.1, -0.05) is 13.0 Å². The predicted octanol–water partition coefficient (Wildman–Crippen LogP) is 3.11. The third-order valence-corrected chi connectivity index (χ3v) is 4.18. The molecule has 1 aliphatic rings. The number of fused-ring (bicyclic) bond motifs is 1. The molecule has 0 fully saturated rings. The van der Waals surface area contributed by atoms with Crippen LogP contribution in [0.4, 0.5) is 0 Å². The molecular formula is C13H19NOS. The first-order valence-corrected chi connectivity index (χ1v) is 6.88. The molecule has 2 N–H and O–H groups in total. The molecule has 0 spiro atoms. The normalized spacial score (nSPS) is 24.7. The van der Waals surface area contributed by atoms with Gasteiger partial charge >= 0.3 is 0 Å². The third kappa shape index (κ3) is 2.53. The first-order chi connectivity index (χ1) is 7.70. The molecule has 0 aliphatic carbocycles. The Bertz CT molecular complexity index is 367. The largest absolute Gasteiger partial charge is 0.494 e. The second kappa shape index (κ2) is 5.11. The lowest BCUT2D eigenvalue weighted by Gasteiger charge is -2.15. The highest BCUT2D eigenvalue weighted by molar-refractivity contribution is 7.99. The van der Waals surface area contributed by atoms with Gasteiger partial charge in [0.2, 0.25) is 0 Å². The second-order valence-electron chi connectivity index (χ2n) is 4.26. The molecule has 2 rings (SSSR count). The molecule has 1 aromatic rings. The van der Waals surface area contributed by atoms with E-state index >= 15 is 0 Å². The van der Waals surface area contributed by atoms with E-state index in [1.807, 2.05) is 24.8 Å². The topological polar surface area (TPSA) is 35.2 Å². The van der Waals surface area contributed by atoms with Crippen LogP contribution in [0.5, 0.6) is 5.75 Å². The quantitative estimate of drug-likeness (QED) is 0.858. The highest BCUT2D eigenvalue weighted by Crippen LogP contribution is 2.35. The van der Waals surface area contributed by atoms with Crippen molar-refractivity contribution in [2.24, 2.45) is 5.73 Å². The van der Waals surface area contributed by atoms with Crippen molar-refractivity contribution in [3.8, 4) is 5.75 Å². The van der Waals surface area contributed by atoms with Gasteiger partial charge in [-0.3, -0.25) is 0 Å². The Hall–Kier alpha value is -0.670. The zero-order valence-electron chi connectivity index (χ0n) is 9.90. The van der Waals surface area contributed by atoms with E-state index in [4.69, 9.17) is 10.5 Å². The van der Waals surface area contributed by atoms with Crippen molar-refractivity contribution >= 4 is 11.8 Å². The molecule has 1 unspecified atom stereocenters. The van der Waals surface area contributed by atoms with Crippen molar-refractivity contribution in [2.75, 3.05) is 6.61 Å². The molecule has 16 heavy (non-hydrogen) atoms. The number of hydrogen-bond acceptors (Lipinski definition) is 3. The number of benzene rings is 1. The SMILES string of the molecule is CCOc1ccc2c(c1)[C@H](N)CC(C)SC2. The zero-order valence-corrected chi connectivity index (χ0v) is 10.7. The van der Waals surface area contributed by atoms with Crippen LogP contribution in [0.2, 0.25) is 0 Å². The van der Waals surface area contributed by atoms with Gasteiger partial charge in [0, 0.05) is 17.0 Å². The molecule has 0 saturated carbocycles. The van der Waals surface area contributed by atoms with Crippen LogP contribution in [0.1, 0.15) is 37.4 Å². The molecule has 3 heteroatoms. The number of thioether (sulfide) groups is 1. The fourth-order valence-electron chi connectivity index (χ4n) is 2.09. The molecule has 0 aromatic heterocycles. The average molecular weight is 237 g/mol. The molecule has 2 nitrogen and oxygen atoms in total. The van der Waals surface area contributed by atoms with Gasteiger partial charge in [-0.25, -0.2) is 0 Å². The Labute approximate surface area is 102 Å². The summed E-state index contributed by atoms with van der Waals surface area (Å²) in [6.07, 6.45) is 1.05. The van der Waals surface area contributed by atoms with Gasteiger partial charge in [0.1, 0.15) is 5.75 Å². The third-order valence-electron chi connectivity index (χ3n) is 2.94. The lowest BCUT2D eigenvalue weighted by Crippen LogP contribution is -2.14. The standard InChI is InChI=1S/C13H19NOS/c1-3-15-11-5-4-10-8-16-9(2)6-13(14)12(10)7-11/h4-5,7,9,13H,3,6,8,14H2,1-2H3/t9?,13-/m1/s1. The minimum atomic E-state index is 0.153. The van der Waals surface area contributed by atoms with E-state index in [-0.39, 0.29) is 6.04 Å². The van der Waals surface area contributed by atoms with Crippen LogP contribution in [0.15, 0.2) is 18.2 Å². The van der Waals surface area contributed by atoms with Crippen LogP contribution in [-0.2, 0) is 5.75 Å². The van der Waals surface area contributed by atoms with Crippen molar-refractivity contribution in [3.63, 3.8) is 0 Å². The number of hydrogen-bond donors (Lipinski definition) is 1. The van der Waals surface area contributed by atoms with Gasteiger partial charge in [-0.05, 0) is 36.6 Å². The first-order valence-electron chi connectivity index (χ1n) is 5.83. The summed E-state index contributed by atoms with van der Waals surface area (Å²) in [6, 6.07) is 6.47. The van der Waals surface area contributed by atoms with Crippen molar-refractivity contribution in [2.45, 2.75) is 37.3 Å². The number of rotatable bonds is 2. The van der Waals surface area contributed by atoms with E-state index in [0.717, 1.165) is 17.9 Å². The van der Waals surface area contributed by atoms with Crippen LogP contribution >= 0.6 is 11.8 Å². The molecule has 0 bridgehead atoms.